The second-order valence-electron chi connectivity index (χ2n) is 6.26. The Balaban J connectivity index is 2.25. The average Bonchev–Trinajstić information content (AvgIpc) is 2.59. The first-order valence-corrected chi connectivity index (χ1v) is 9.63. The van der Waals surface area contributed by atoms with Gasteiger partial charge in [-0.2, -0.15) is 0 Å². The maximum atomic E-state index is 12.5. The molecule has 0 saturated carbocycles. The monoisotopic (exact) mass is 376 g/mol. The molecule has 1 unspecified atom stereocenters. The van der Waals surface area contributed by atoms with Gasteiger partial charge in [-0.1, -0.05) is 18.2 Å². The van der Waals surface area contributed by atoms with E-state index in [0.717, 1.165) is 15.4 Å². The van der Waals surface area contributed by atoms with E-state index in [4.69, 9.17) is 4.74 Å². The van der Waals surface area contributed by atoms with Gasteiger partial charge in [0.05, 0.1) is 4.90 Å². The molecule has 1 N–H and O–H groups in total. The van der Waals surface area contributed by atoms with Gasteiger partial charge < -0.3 is 10.1 Å². The molecule has 0 aromatic heterocycles. The maximum absolute atomic E-state index is 12.5. The van der Waals surface area contributed by atoms with Gasteiger partial charge in [-0.25, -0.2) is 12.7 Å². The minimum absolute atomic E-state index is 0.137. The fourth-order valence-electron chi connectivity index (χ4n) is 2.31. The van der Waals surface area contributed by atoms with E-state index in [1.807, 2.05) is 32.0 Å². The summed E-state index contributed by atoms with van der Waals surface area (Å²) in [7, 11) is -0.651. The number of hydrogen-bond acceptors (Lipinski definition) is 4. The molecule has 0 saturated heterocycles. The van der Waals surface area contributed by atoms with E-state index in [2.05, 4.69) is 5.32 Å². The van der Waals surface area contributed by atoms with Crippen LogP contribution < -0.4 is 10.1 Å². The summed E-state index contributed by atoms with van der Waals surface area (Å²) in [6, 6.07) is 12.1. The van der Waals surface area contributed by atoms with Crippen molar-refractivity contribution in [2.24, 2.45) is 0 Å². The normalized spacial score (nSPS) is 12.7. The van der Waals surface area contributed by atoms with E-state index < -0.39 is 16.1 Å². The molecule has 1 atom stereocenters. The van der Waals surface area contributed by atoms with Crippen molar-refractivity contribution in [1.29, 1.82) is 0 Å². The molecule has 2 aromatic carbocycles. The molecule has 2 rings (SSSR count). The zero-order valence-corrected chi connectivity index (χ0v) is 16.4. The molecule has 6 nitrogen and oxygen atoms in total. The van der Waals surface area contributed by atoms with Crippen molar-refractivity contribution in [3.8, 4) is 5.75 Å². The maximum Gasteiger partial charge on any atom is 0.265 e. The summed E-state index contributed by atoms with van der Waals surface area (Å²) in [5.74, 6) is 0.239. The Morgan fingerprint density at radius 1 is 1.12 bits per heavy atom. The first-order chi connectivity index (χ1) is 12.1. The van der Waals surface area contributed by atoms with E-state index in [-0.39, 0.29) is 10.8 Å². The number of sulfonamides is 1. The van der Waals surface area contributed by atoms with Crippen LogP contribution in [0.1, 0.15) is 18.1 Å². The Morgan fingerprint density at radius 3 is 2.31 bits per heavy atom. The van der Waals surface area contributed by atoms with Crippen LogP contribution in [0.3, 0.4) is 0 Å². The van der Waals surface area contributed by atoms with Crippen LogP contribution in [0.5, 0.6) is 5.75 Å². The summed E-state index contributed by atoms with van der Waals surface area (Å²) in [6.45, 7) is 5.29. The molecule has 0 aliphatic carbocycles. The third-order valence-electron chi connectivity index (χ3n) is 4.10. The van der Waals surface area contributed by atoms with Crippen LogP contribution in [0, 0.1) is 13.8 Å². The Bertz CT molecular complexity index is 893. The van der Waals surface area contributed by atoms with Gasteiger partial charge in [0.25, 0.3) is 5.91 Å². The number of aryl methyl sites for hydroxylation is 1. The number of para-hydroxylation sites is 1. The SMILES string of the molecule is Cc1cc(S(=O)(=O)N(C)C)cc(NC(=O)C(C)Oc2ccccc2)c1C. The predicted molar refractivity (Wildman–Crippen MR) is 102 cm³/mol. The minimum atomic E-state index is -3.59. The molecule has 7 heteroatoms. The topological polar surface area (TPSA) is 75.7 Å². The van der Waals surface area contributed by atoms with Crippen LogP contribution in [-0.4, -0.2) is 38.8 Å². The lowest BCUT2D eigenvalue weighted by Gasteiger charge is -2.18. The Morgan fingerprint density at radius 2 is 1.73 bits per heavy atom. The van der Waals surface area contributed by atoms with E-state index in [9.17, 15) is 13.2 Å². The Labute approximate surface area is 154 Å². The first-order valence-electron chi connectivity index (χ1n) is 8.19. The lowest BCUT2D eigenvalue weighted by atomic mass is 10.1. The standard InChI is InChI=1S/C19H24N2O4S/c1-13-11-17(26(23,24)21(4)5)12-18(14(13)2)20-19(22)15(3)25-16-9-7-6-8-10-16/h6-12,15H,1-5H3,(H,20,22). The van der Waals surface area contributed by atoms with Gasteiger partial charge in [0.2, 0.25) is 10.0 Å². The molecule has 0 spiro atoms. The van der Waals surface area contributed by atoms with E-state index in [1.165, 1.54) is 20.2 Å². The van der Waals surface area contributed by atoms with Crippen LogP contribution in [0.25, 0.3) is 0 Å². The average molecular weight is 376 g/mol. The number of amides is 1. The van der Waals surface area contributed by atoms with Crippen molar-refractivity contribution in [1.82, 2.24) is 4.31 Å². The summed E-state index contributed by atoms with van der Waals surface area (Å²) in [6.07, 6.45) is -0.730. The van der Waals surface area contributed by atoms with Crippen molar-refractivity contribution >= 4 is 21.6 Å². The van der Waals surface area contributed by atoms with Gasteiger partial charge in [0.15, 0.2) is 6.10 Å². The molecule has 0 bridgehead atoms. The molecular weight excluding hydrogens is 352 g/mol. The first kappa shape index (κ1) is 19.9. The Kier molecular flexibility index (Phi) is 6.05. The van der Waals surface area contributed by atoms with Crippen LogP contribution in [0.2, 0.25) is 0 Å². The highest BCUT2D eigenvalue weighted by Gasteiger charge is 2.21. The number of nitrogens with one attached hydrogen (secondary N) is 1. The molecular formula is C19H24N2O4S. The lowest BCUT2D eigenvalue weighted by molar-refractivity contribution is -0.122. The van der Waals surface area contributed by atoms with Crippen LogP contribution >= 0.6 is 0 Å². The number of carbonyl (C=O) groups excluding carboxylic acids is 1. The summed E-state index contributed by atoms with van der Waals surface area (Å²) >= 11 is 0. The number of ether oxygens (including phenoxy) is 1. The molecule has 0 fully saturated rings. The number of hydrogen-bond donors (Lipinski definition) is 1. The quantitative estimate of drug-likeness (QED) is 0.841. The minimum Gasteiger partial charge on any atom is -0.481 e. The van der Waals surface area contributed by atoms with Crippen LogP contribution in [-0.2, 0) is 14.8 Å². The van der Waals surface area contributed by atoms with Gasteiger partial charge in [-0.05, 0) is 56.2 Å². The molecule has 0 radical (unpaired) electrons. The molecule has 2 aromatic rings. The molecule has 0 heterocycles. The van der Waals surface area contributed by atoms with Crippen LogP contribution in [0.4, 0.5) is 5.69 Å². The lowest BCUT2D eigenvalue weighted by Crippen LogP contribution is -2.30. The number of anilines is 1. The third-order valence-corrected chi connectivity index (χ3v) is 5.90. The fraction of sp³-hybridized carbons (Fsp3) is 0.316. The molecule has 0 aliphatic heterocycles. The van der Waals surface area contributed by atoms with E-state index in [0.29, 0.717) is 11.4 Å². The van der Waals surface area contributed by atoms with Gasteiger partial charge >= 0.3 is 0 Å². The summed E-state index contributed by atoms with van der Waals surface area (Å²) < 4.78 is 31.6. The van der Waals surface area contributed by atoms with Gasteiger partial charge in [0, 0.05) is 19.8 Å². The number of benzene rings is 2. The van der Waals surface area contributed by atoms with Gasteiger partial charge in [-0.3, -0.25) is 4.79 Å². The zero-order valence-electron chi connectivity index (χ0n) is 15.6. The van der Waals surface area contributed by atoms with Crippen molar-refractivity contribution < 1.29 is 17.9 Å². The van der Waals surface area contributed by atoms with Crippen molar-refractivity contribution in [3.63, 3.8) is 0 Å². The number of nitrogens with zero attached hydrogens (tertiary/aromatic N) is 1. The smallest absolute Gasteiger partial charge is 0.265 e. The highest BCUT2D eigenvalue weighted by Crippen LogP contribution is 2.26. The summed E-state index contributed by atoms with van der Waals surface area (Å²) in [5.41, 5.74) is 2.04. The Hall–Kier alpha value is -2.38. The molecule has 1 amide bonds. The summed E-state index contributed by atoms with van der Waals surface area (Å²) in [5, 5.41) is 2.78. The number of rotatable bonds is 6. The predicted octanol–water partition coefficient (Wildman–Crippen LogP) is 2.96. The van der Waals surface area contributed by atoms with Gasteiger partial charge in [0.1, 0.15) is 5.75 Å². The molecule has 140 valence electrons. The van der Waals surface area contributed by atoms with Gasteiger partial charge in [-0.15, -0.1) is 0 Å². The van der Waals surface area contributed by atoms with E-state index >= 15 is 0 Å². The number of carbonyl (C=O) groups is 1. The third kappa shape index (κ3) is 4.42. The van der Waals surface area contributed by atoms with Crippen LogP contribution in [0.15, 0.2) is 47.4 Å². The second-order valence-corrected chi connectivity index (χ2v) is 8.41. The second kappa shape index (κ2) is 7.88. The van der Waals surface area contributed by atoms with Crippen molar-refractivity contribution in [2.75, 3.05) is 19.4 Å². The van der Waals surface area contributed by atoms with Crippen molar-refractivity contribution in [2.45, 2.75) is 31.8 Å². The largest absolute Gasteiger partial charge is 0.481 e. The molecule has 26 heavy (non-hydrogen) atoms. The highest BCUT2D eigenvalue weighted by molar-refractivity contribution is 7.89. The highest BCUT2D eigenvalue weighted by atomic mass is 32.2. The fourth-order valence-corrected chi connectivity index (χ4v) is 3.32. The van der Waals surface area contributed by atoms with Crippen molar-refractivity contribution in [3.05, 3.63) is 53.6 Å². The summed E-state index contributed by atoms with van der Waals surface area (Å²) in [4.78, 5) is 12.6. The zero-order chi connectivity index (χ0) is 19.5. The van der Waals surface area contributed by atoms with E-state index in [1.54, 1.807) is 25.1 Å². The molecule has 0 aliphatic rings.